The summed E-state index contributed by atoms with van der Waals surface area (Å²) in [6.45, 7) is 17.0. The van der Waals surface area contributed by atoms with Crippen LogP contribution in [0.15, 0.2) is 66.2 Å². The van der Waals surface area contributed by atoms with Gasteiger partial charge in [-0.15, -0.1) is 0 Å². The van der Waals surface area contributed by atoms with Gasteiger partial charge in [0, 0.05) is 18.0 Å². The number of rotatable bonds is 14. The average Bonchev–Trinajstić information content (AvgIpc) is 2.97. The molecule has 254 valence electrons. The van der Waals surface area contributed by atoms with Crippen molar-refractivity contribution in [1.29, 1.82) is 0 Å². The number of carbonyl (C=O) groups is 3. The first-order valence-corrected chi connectivity index (χ1v) is 17.5. The average molecular weight is 655 g/mol. The van der Waals surface area contributed by atoms with Crippen molar-refractivity contribution in [3.63, 3.8) is 0 Å². The Morgan fingerprint density at radius 3 is 1.91 bits per heavy atom. The minimum atomic E-state index is -3.95. The predicted molar refractivity (Wildman–Crippen MR) is 185 cm³/mol. The molecule has 0 fully saturated rings. The highest BCUT2D eigenvalue weighted by atomic mass is 32.2. The normalized spacial score (nSPS) is 14.7. The quantitative estimate of drug-likeness (QED) is 0.253. The second-order valence-electron chi connectivity index (χ2n) is 14.0. The number of hydrogen-bond acceptors (Lipinski definition) is 6. The molecule has 0 radical (unpaired) electrons. The maximum atomic E-state index is 14.1. The third kappa shape index (κ3) is 10.3. The zero-order valence-corrected chi connectivity index (χ0v) is 30.2. The summed E-state index contributed by atoms with van der Waals surface area (Å²) < 4.78 is 27.8. The van der Waals surface area contributed by atoms with Gasteiger partial charge in [0.25, 0.3) is 5.91 Å². The van der Waals surface area contributed by atoms with E-state index in [2.05, 4.69) is 15.4 Å². The lowest BCUT2D eigenvalue weighted by Crippen LogP contribution is -2.61. The molecule has 3 N–H and O–H groups in total. The SMILES string of the molecule is CCc1ccc(CS(=O)(=O)NC(=O)/C(C)=C/[C@H](C(C)C)N(C)C(=O)[C@@H](NC(=O)[C@@H](NC)C(C)(C)c2ccccc2)C(C)(C)C)cc1. The summed E-state index contributed by atoms with van der Waals surface area (Å²) >= 11 is 0. The van der Waals surface area contributed by atoms with Crippen LogP contribution in [0.25, 0.3) is 0 Å². The van der Waals surface area contributed by atoms with E-state index in [1.54, 1.807) is 32.3 Å². The topological polar surface area (TPSA) is 125 Å². The Hall–Kier alpha value is -3.50. The van der Waals surface area contributed by atoms with Gasteiger partial charge in [0.15, 0.2) is 0 Å². The van der Waals surface area contributed by atoms with Crippen molar-refractivity contribution in [2.24, 2.45) is 11.3 Å². The van der Waals surface area contributed by atoms with E-state index in [-0.39, 0.29) is 29.1 Å². The number of hydrogen-bond donors (Lipinski definition) is 3. The number of amides is 3. The maximum absolute atomic E-state index is 14.1. The number of carbonyl (C=O) groups excluding carboxylic acids is 3. The van der Waals surface area contributed by atoms with Gasteiger partial charge in [0.05, 0.1) is 17.8 Å². The highest BCUT2D eigenvalue weighted by molar-refractivity contribution is 7.89. The van der Waals surface area contributed by atoms with Crippen molar-refractivity contribution in [3.05, 3.63) is 82.9 Å². The highest BCUT2D eigenvalue weighted by Crippen LogP contribution is 2.29. The molecular formula is C36H54N4O5S. The van der Waals surface area contributed by atoms with Crippen LogP contribution in [0.3, 0.4) is 0 Å². The van der Waals surface area contributed by atoms with Crippen molar-refractivity contribution in [2.45, 2.75) is 98.0 Å². The molecule has 0 aromatic heterocycles. The molecule has 2 aromatic carbocycles. The third-order valence-corrected chi connectivity index (χ3v) is 9.69. The summed E-state index contributed by atoms with van der Waals surface area (Å²) in [6.07, 6.45) is 2.45. The molecule has 0 spiro atoms. The molecule has 9 nitrogen and oxygen atoms in total. The van der Waals surface area contributed by atoms with Gasteiger partial charge < -0.3 is 15.5 Å². The molecular weight excluding hydrogens is 600 g/mol. The summed E-state index contributed by atoms with van der Waals surface area (Å²) in [4.78, 5) is 42.4. The standard InChI is InChI=1S/C36H54N4O5S/c1-12-26-18-20-27(21-19-26)23-46(44,45)39-32(41)25(4)22-29(24(2)3)40(11)34(43)31(35(5,6)7)38-33(42)30(37-10)36(8,9)28-16-14-13-15-17-28/h13-22,24,29-31,37H,12,23H2,1-11H3,(H,38,42)(H,39,41)/b25-22+/t29-,30-,31-/m1/s1. The molecule has 3 atom stereocenters. The van der Waals surface area contributed by atoms with Gasteiger partial charge in [-0.25, -0.2) is 13.1 Å². The van der Waals surface area contributed by atoms with Gasteiger partial charge in [-0.1, -0.05) is 116 Å². The molecule has 0 aliphatic carbocycles. The van der Waals surface area contributed by atoms with Crippen LogP contribution in [0, 0.1) is 11.3 Å². The van der Waals surface area contributed by atoms with Crippen LogP contribution in [-0.4, -0.2) is 63.3 Å². The predicted octanol–water partition coefficient (Wildman–Crippen LogP) is 4.72. The Kier molecular flexibility index (Phi) is 13.3. The molecule has 10 heteroatoms. The fourth-order valence-electron chi connectivity index (χ4n) is 5.51. The first-order chi connectivity index (χ1) is 21.2. The first kappa shape index (κ1) is 38.7. The van der Waals surface area contributed by atoms with E-state index in [1.165, 1.54) is 11.8 Å². The number of aryl methyl sites for hydroxylation is 1. The molecule has 3 amide bonds. The summed E-state index contributed by atoms with van der Waals surface area (Å²) in [6, 6.07) is 14.9. The highest BCUT2D eigenvalue weighted by Gasteiger charge is 2.41. The Bertz CT molecular complexity index is 1480. The van der Waals surface area contributed by atoms with Crippen LogP contribution in [0.5, 0.6) is 0 Å². The van der Waals surface area contributed by atoms with Crippen molar-refractivity contribution in [1.82, 2.24) is 20.3 Å². The van der Waals surface area contributed by atoms with Gasteiger partial charge >= 0.3 is 0 Å². The molecule has 2 aromatic rings. The Labute approximate surface area is 276 Å². The van der Waals surface area contributed by atoms with E-state index in [0.717, 1.165) is 17.5 Å². The second kappa shape index (κ2) is 15.9. The van der Waals surface area contributed by atoms with E-state index in [0.29, 0.717) is 5.56 Å². The number of nitrogens with zero attached hydrogens (tertiary/aromatic N) is 1. The largest absolute Gasteiger partial charge is 0.342 e. The molecule has 0 unspecified atom stereocenters. The van der Waals surface area contributed by atoms with Gasteiger partial charge in [-0.3, -0.25) is 14.4 Å². The first-order valence-electron chi connectivity index (χ1n) is 15.9. The van der Waals surface area contributed by atoms with Crippen LogP contribution >= 0.6 is 0 Å². The lowest BCUT2D eigenvalue weighted by Gasteiger charge is -2.40. The molecule has 0 saturated heterocycles. The number of benzene rings is 2. The number of likely N-dealkylation sites (N-methyl/N-ethyl adjacent to an activating group) is 2. The van der Waals surface area contributed by atoms with Crippen LogP contribution in [0.4, 0.5) is 0 Å². The van der Waals surface area contributed by atoms with E-state index in [9.17, 15) is 22.8 Å². The van der Waals surface area contributed by atoms with Crippen molar-refractivity contribution in [2.75, 3.05) is 14.1 Å². The molecule has 0 bridgehead atoms. The second-order valence-corrected chi connectivity index (χ2v) is 15.7. The zero-order valence-electron chi connectivity index (χ0n) is 29.4. The Balaban J connectivity index is 2.28. The Morgan fingerprint density at radius 1 is 0.891 bits per heavy atom. The minimum absolute atomic E-state index is 0.122. The van der Waals surface area contributed by atoms with Crippen LogP contribution in [0.2, 0.25) is 0 Å². The van der Waals surface area contributed by atoms with E-state index < -0.39 is 44.9 Å². The molecule has 46 heavy (non-hydrogen) atoms. The lowest BCUT2D eigenvalue weighted by molar-refractivity contribution is -0.140. The van der Waals surface area contributed by atoms with Crippen LogP contribution in [-0.2, 0) is 42.0 Å². The lowest BCUT2D eigenvalue weighted by atomic mass is 9.76. The van der Waals surface area contributed by atoms with E-state index in [1.807, 2.05) is 97.9 Å². The maximum Gasteiger partial charge on any atom is 0.260 e. The van der Waals surface area contributed by atoms with E-state index >= 15 is 0 Å². The van der Waals surface area contributed by atoms with Crippen molar-refractivity contribution >= 4 is 27.7 Å². The molecule has 0 saturated carbocycles. The van der Waals surface area contributed by atoms with Gasteiger partial charge in [-0.2, -0.15) is 0 Å². The van der Waals surface area contributed by atoms with Crippen LogP contribution in [0.1, 0.15) is 79.0 Å². The summed E-state index contributed by atoms with van der Waals surface area (Å²) in [5, 5.41) is 6.17. The minimum Gasteiger partial charge on any atom is -0.342 e. The summed E-state index contributed by atoms with van der Waals surface area (Å²) in [7, 11) is -0.589. The number of sulfonamides is 1. The fourth-order valence-corrected chi connectivity index (χ4v) is 6.66. The van der Waals surface area contributed by atoms with Crippen molar-refractivity contribution < 1.29 is 22.8 Å². The molecule has 0 aliphatic heterocycles. The van der Waals surface area contributed by atoms with Crippen LogP contribution < -0.4 is 15.4 Å². The van der Waals surface area contributed by atoms with E-state index in [4.69, 9.17) is 0 Å². The number of nitrogens with one attached hydrogen (secondary N) is 3. The molecule has 2 rings (SSSR count). The fraction of sp³-hybridized carbons (Fsp3) is 0.528. The van der Waals surface area contributed by atoms with Gasteiger partial charge in [0.1, 0.15) is 6.04 Å². The third-order valence-electron chi connectivity index (χ3n) is 8.48. The monoisotopic (exact) mass is 654 g/mol. The van der Waals surface area contributed by atoms with Gasteiger partial charge in [-0.05, 0) is 48.4 Å². The zero-order chi connectivity index (χ0) is 35.0. The smallest absolute Gasteiger partial charge is 0.260 e. The van der Waals surface area contributed by atoms with Crippen molar-refractivity contribution in [3.8, 4) is 0 Å². The summed E-state index contributed by atoms with van der Waals surface area (Å²) in [5.74, 6) is -1.83. The summed E-state index contributed by atoms with van der Waals surface area (Å²) in [5.41, 5.74) is 1.60. The van der Waals surface area contributed by atoms with Gasteiger partial charge in [0.2, 0.25) is 21.8 Å². The molecule has 0 heterocycles. The Morgan fingerprint density at radius 2 is 1.43 bits per heavy atom. The molecule has 0 aliphatic rings.